The highest BCUT2D eigenvalue weighted by molar-refractivity contribution is 9.10. The number of carbonyl (C=O) groups is 1. The number of nitrogens with zero attached hydrogens (tertiary/aromatic N) is 1. The van der Waals surface area contributed by atoms with Crippen molar-refractivity contribution < 1.29 is 17.9 Å². The van der Waals surface area contributed by atoms with Crippen molar-refractivity contribution in [3.8, 4) is 0 Å². The number of ether oxygens (including phenoxy) is 1. The van der Waals surface area contributed by atoms with E-state index in [1.807, 2.05) is 0 Å². The lowest BCUT2D eigenvalue weighted by molar-refractivity contribution is -0.144. The van der Waals surface area contributed by atoms with Gasteiger partial charge in [0.05, 0.1) is 7.11 Å². The first kappa shape index (κ1) is 16.9. The summed E-state index contributed by atoms with van der Waals surface area (Å²) in [6.07, 6.45) is 0. The normalized spacial score (nSPS) is 13.0. The van der Waals surface area contributed by atoms with Crippen LogP contribution < -0.4 is 0 Å². The van der Waals surface area contributed by atoms with E-state index in [0.717, 1.165) is 19.7 Å². The number of hydrogen-bond acceptors (Lipinski definition) is 4. The molecular formula is C13H16BrNO4S. The van der Waals surface area contributed by atoms with Crippen LogP contribution in [-0.2, 0) is 26.1 Å². The molecule has 0 amide bonds. The summed E-state index contributed by atoms with van der Waals surface area (Å²) >= 11 is 3.31. The summed E-state index contributed by atoms with van der Waals surface area (Å²) in [5.74, 6) is -0.618. The zero-order valence-electron chi connectivity index (χ0n) is 11.2. The minimum Gasteiger partial charge on any atom is -0.468 e. The number of benzene rings is 1. The molecule has 0 aromatic heterocycles. The van der Waals surface area contributed by atoms with Crippen LogP contribution in [0.1, 0.15) is 12.5 Å². The minimum absolute atomic E-state index is 0.0674. The lowest BCUT2D eigenvalue weighted by Crippen LogP contribution is -2.42. The third-order valence-electron chi connectivity index (χ3n) is 2.76. The van der Waals surface area contributed by atoms with Crippen molar-refractivity contribution in [2.24, 2.45) is 0 Å². The van der Waals surface area contributed by atoms with Gasteiger partial charge in [0.25, 0.3) is 0 Å². The number of carbonyl (C=O) groups excluding carboxylic acids is 1. The maximum atomic E-state index is 12.0. The van der Waals surface area contributed by atoms with Crippen molar-refractivity contribution in [2.75, 3.05) is 7.11 Å². The molecule has 0 aliphatic rings. The summed E-state index contributed by atoms with van der Waals surface area (Å²) < 4.78 is 30.6. The SMILES string of the molecule is C=CS(=O)(=O)N(Cc1ccc(Br)cc1)[C@@H](C)C(=O)OC. The summed E-state index contributed by atoms with van der Waals surface area (Å²) in [4.78, 5) is 11.6. The Morgan fingerprint density at radius 1 is 1.45 bits per heavy atom. The van der Waals surface area contributed by atoms with Crippen LogP contribution in [0, 0.1) is 0 Å². The molecule has 0 heterocycles. The van der Waals surface area contributed by atoms with Gasteiger partial charge in [-0.1, -0.05) is 34.6 Å². The quantitative estimate of drug-likeness (QED) is 0.729. The molecule has 1 rings (SSSR count). The number of hydrogen-bond donors (Lipinski definition) is 0. The highest BCUT2D eigenvalue weighted by Crippen LogP contribution is 2.17. The average Bonchev–Trinajstić information content (AvgIpc) is 2.44. The van der Waals surface area contributed by atoms with E-state index in [1.54, 1.807) is 24.3 Å². The maximum absolute atomic E-state index is 12.0. The summed E-state index contributed by atoms with van der Waals surface area (Å²) in [7, 11) is -2.52. The van der Waals surface area contributed by atoms with Gasteiger partial charge in [0.2, 0.25) is 10.0 Å². The zero-order valence-corrected chi connectivity index (χ0v) is 13.6. The van der Waals surface area contributed by atoms with Crippen LogP contribution in [-0.4, -0.2) is 31.8 Å². The zero-order chi connectivity index (χ0) is 15.3. The van der Waals surface area contributed by atoms with Crippen molar-refractivity contribution in [1.82, 2.24) is 4.31 Å². The molecule has 0 spiro atoms. The number of sulfonamides is 1. The molecule has 0 aliphatic heterocycles. The number of esters is 1. The van der Waals surface area contributed by atoms with Gasteiger partial charge in [-0.15, -0.1) is 0 Å². The van der Waals surface area contributed by atoms with Crippen LogP contribution in [0.3, 0.4) is 0 Å². The summed E-state index contributed by atoms with van der Waals surface area (Å²) in [5.41, 5.74) is 0.759. The van der Waals surface area contributed by atoms with E-state index in [1.165, 1.54) is 14.0 Å². The Kier molecular flexibility index (Phi) is 5.91. The van der Waals surface area contributed by atoms with Crippen LogP contribution in [0.25, 0.3) is 0 Å². The Bertz CT molecular complexity index is 583. The van der Waals surface area contributed by atoms with Crippen molar-refractivity contribution >= 4 is 31.9 Å². The minimum atomic E-state index is -3.74. The average molecular weight is 362 g/mol. The Hall–Kier alpha value is -1.18. The van der Waals surface area contributed by atoms with Gasteiger partial charge >= 0.3 is 5.97 Å². The molecule has 0 aliphatic carbocycles. The van der Waals surface area contributed by atoms with Gasteiger partial charge in [0.15, 0.2) is 0 Å². The summed E-state index contributed by atoms with van der Waals surface area (Å²) in [5, 5.41) is 0.825. The van der Waals surface area contributed by atoms with Crippen LogP contribution in [0.15, 0.2) is 40.7 Å². The fraction of sp³-hybridized carbons (Fsp3) is 0.308. The van der Waals surface area contributed by atoms with E-state index in [2.05, 4.69) is 27.2 Å². The topological polar surface area (TPSA) is 63.7 Å². The Morgan fingerprint density at radius 3 is 2.45 bits per heavy atom. The van der Waals surface area contributed by atoms with Crippen molar-refractivity contribution in [2.45, 2.75) is 19.5 Å². The standard InChI is InChI=1S/C13H16BrNO4S/c1-4-20(17,18)15(10(2)13(16)19-3)9-11-5-7-12(14)8-6-11/h4-8,10H,1,9H2,2-3H3/t10-/m0/s1. The monoisotopic (exact) mass is 361 g/mol. The third-order valence-corrected chi connectivity index (χ3v) is 4.81. The largest absolute Gasteiger partial charge is 0.468 e. The lowest BCUT2D eigenvalue weighted by Gasteiger charge is -2.25. The molecule has 20 heavy (non-hydrogen) atoms. The first-order chi connectivity index (χ1) is 9.31. The summed E-state index contributed by atoms with van der Waals surface area (Å²) in [6, 6.07) is 6.24. The highest BCUT2D eigenvalue weighted by Gasteiger charge is 2.30. The van der Waals surface area contributed by atoms with Gasteiger partial charge in [0.1, 0.15) is 6.04 Å². The first-order valence-corrected chi connectivity index (χ1v) is 8.08. The predicted octanol–water partition coefficient (Wildman–Crippen LogP) is 2.29. The first-order valence-electron chi connectivity index (χ1n) is 5.78. The fourth-order valence-corrected chi connectivity index (χ4v) is 2.91. The number of rotatable bonds is 6. The van der Waals surface area contributed by atoms with Crippen LogP contribution in [0.4, 0.5) is 0 Å². The lowest BCUT2D eigenvalue weighted by atomic mass is 10.2. The van der Waals surface area contributed by atoms with Crippen LogP contribution in [0.5, 0.6) is 0 Å². The molecule has 5 nitrogen and oxygen atoms in total. The third kappa shape index (κ3) is 4.16. The maximum Gasteiger partial charge on any atom is 0.323 e. The molecule has 7 heteroatoms. The van der Waals surface area contributed by atoms with E-state index in [-0.39, 0.29) is 6.54 Å². The molecule has 0 radical (unpaired) electrons. The van der Waals surface area contributed by atoms with Gasteiger partial charge < -0.3 is 4.74 Å². The van der Waals surface area contributed by atoms with E-state index >= 15 is 0 Å². The molecule has 1 aromatic carbocycles. The van der Waals surface area contributed by atoms with Crippen molar-refractivity contribution in [3.05, 3.63) is 46.3 Å². The molecule has 1 aromatic rings. The second kappa shape index (κ2) is 7.01. The predicted molar refractivity (Wildman–Crippen MR) is 80.3 cm³/mol. The van der Waals surface area contributed by atoms with Gasteiger partial charge in [-0.05, 0) is 24.6 Å². The van der Waals surface area contributed by atoms with Crippen LogP contribution in [0.2, 0.25) is 0 Å². The molecule has 1 atom stereocenters. The molecule has 0 bridgehead atoms. The Balaban J connectivity index is 3.09. The molecule has 0 N–H and O–H groups in total. The smallest absolute Gasteiger partial charge is 0.323 e. The van der Waals surface area contributed by atoms with Crippen molar-refractivity contribution in [1.29, 1.82) is 0 Å². The second-order valence-corrected chi connectivity index (χ2v) is 6.83. The van der Waals surface area contributed by atoms with E-state index in [4.69, 9.17) is 0 Å². The molecule has 0 fully saturated rings. The number of halogens is 1. The Morgan fingerprint density at radius 2 is 2.00 bits per heavy atom. The van der Waals surface area contributed by atoms with Crippen LogP contribution >= 0.6 is 15.9 Å². The molecule has 0 unspecified atom stereocenters. The molecule has 110 valence electrons. The molecule has 0 saturated carbocycles. The molecule has 0 saturated heterocycles. The number of methoxy groups -OCH3 is 1. The van der Waals surface area contributed by atoms with Gasteiger partial charge in [-0.25, -0.2) is 8.42 Å². The van der Waals surface area contributed by atoms with E-state index in [9.17, 15) is 13.2 Å². The van der Waals surface area contributed by atoms with Gasteiger partial charge in [0, 0.05) is 16.4 Å². The fourth-order valence-electron chi connectivity index (χ4n) is 1.60. The Labute approximate surface area is 127 Å². The molecular weight excluding hydrogens is 346 g/mol. The second-order valence-electron chi connectivity index (χ2n) is 4.08. The van der Waals surface area contributed by atoms with E-state index in [0.29, 0.717) is 0 Å². The van der Waals surface area contributed by atoms with Gasteiger partial charge in [-0.2, -0.15) is 4.31 Å². The van der Waals surface area contributed by atoms with Crippen molar-refractivity contribution in [3.63, 3.8) is 0 Å². The van der Waals surface area contributed by atoms with Gasteiger partial charge in [-0.3, -0.25) is 4.79 Å². The summed E-state index contributed by atoms with van der Waals surface area (Å²) in [6.45, 7) is 4.83. The van der Waals surface area contributed by atoms with E-state index < -0.39 is 22.0 Å². The highest BCUT2D eigenvalue weighted by atomic mass is 79.9.